The van der Waals surface area contributed by atoms with Crippen LogP contribution >= 0.6 is 15.9 Å². The van der Waals surface area contributed by atoms with Gasteiger partial charge < -0.3 is 24.2 Å². The van der Waals surface area contributed by atoms with Crippen LogP contribution in [0.15, 0.2) is 247 Å². The van der Waals surface area contributed by atoms with Crippen molar-refractivity contribution >= 4 is 67.1 Å². The number of para-hydroxylation sites is 5. The van der Waals surface area contributed by atoms with Crippen molar-refractivity contribution in [1.82, 2.24) is 0 Å². The zero-order chi connectivity index (χ0) is 40.5. The molecule has 0 heterocycles. The number of benzene rings is 9. The lowest BCUT2D eigenvalue weighted by Crippen LogP contribution is -2.14. The molecule has 9 rings (SSSR count). The molecule has 0 aromatic heterocycles. The molecule has 60 heavy (non-hydrogen) atoms. The maximum atomic E-state index is 6.71. The largest absolute Gasteiger partial charge is 0.457 e. The van der Waals surface area contributed by atoms with Crippen LogP contribution < -0.4 is 24.2 Å². The summed E-state index contributed by atoms with van der Waals surface area (Å²) in [5.74, 6) is 2.95. The second-order valence-corrected chi connectivity index (χ2v) is 14.9. The van der Waals surface area contributed by atoms with Crippen LogP contribution in [0.4, 0.5) is 51.2 Å². The SMILES string of the molecule is Brc1cccc(Oc2cc(N(c3ccccc3)c3ccccc3)cc(N(c3ccccc3)c3cccc(N(c4ccccc4)c4cccc(Oc5ccccc5)c4)c3)c2)c1. The average molecular weight is 843 g/mol. The number of hydrogen-bond acceptors (Lipinski definition) is 5. The van der Waals surface area contributed by atoms with Crippen molar-refractivity contribution in [3.8, 4) is 23.0 Å². The first-order valence-electron chi connectivity index (χ1n) is 19.8. The quantitative estimate of drug-likeness (QED) is 0.115. The normalized spacial score (nSPS) is 10.8. The van der Waals surface area contributed by atoms with Crippen molar-refractivity contribution in [1.29, 1.82) is 0 Å². The van der Waals surface area contributed by atoms with Gasteiger partial charge in [0, 0.05) is 62.5 Å². The predicted octanol–water partition coefficient (Wildman–Crippen LogP) is 16.4. The summed E-state index contributed by atoms with van der Waals surface area (Å²) in [6.45, 7) is 0. The lowest BCUT2D eigenvalue weighted by Gasteiger charge is -2.31. The molecule has 0 radical (unpaired) electrons. The minimum absolute atomic E-state index is 0.690. The summed E-state index contributed by atoms with van der Waals surface area (Å²) in [6, 6.07) is 82.9. The number of halogens is 1. The molecule has 0 N–H and O–H groups in total. The van der Waals surface area contributed by atoms with Gasteiger partial charge >= 0.3 is 0 Å². The Kier molecular flexibility index (Phi) is 11.4. The van der Waals surface area contributed by atoms with Gasteiger partial charge in [-0.1, -0.05) is 125 Å². The molecule has 0 aliphatic heterocycles. The highest BCUT2D eigenvalue weighted by atomic mass is 79.9. The number of ether oxygens (including phenoxy) is 2. The standard InChI is InChI=1S/C54H40BrN3O2/c55-41-19-16-33-52(35-41)60-54-39-49(56(42-20-6-1-7-21-42)43-22-8-2-9-23-43)37-50(40-54)58(45-26-12-4-13-27-45)47-29-17-28-46(36-47)57(44-24-10-3-11-25-44)48-30-18-34-53(38-48)59-51-31-14-5-15-32-51/h1-40H. The first-order valence-corrected chi connectivity index (χ1v) is 20.6. The molecule has 9 aromatic rings. The summed E-state index contributed by atoms with van der Waals surface area (Å²) in [7, 11) is 0. The summed E-state index contributed by atoms with van der Waals surface area (Å²) in [4.78, 5) is 6.81. The van der Waals surface area contributed by atoms with E-state index in [4.69, 9.17) is 9.47 Å². The van der Waals surface area contributed by atoms with Gasteiger partial charge in [0.1, 0.15) is 23.0 Å². The Bertz CT molecular complexity index is 2750. The highest BCUT2D eigenvalue weighted by Gasteiger charge is 2.21. The first kappa shape index (κ1) is 38.0. The third-order valence-corrected chi connectivity index (χ3v) is 10.4. The fraction of sp³-hybridized carbons (Fsp3) is 0. The predicted molar refractivity (Wildman–Crippen MR) is 251 cm³/mol. The zero-order valence-corrected chi connectivity index (χ0v) is 34.2. The van der Waals surface area contributed by atoms with Crippen LogP contribution in [0.25, 0.3) is 0 Å². The van der Waals surface area contributed by atoms with E-state index in [0.717, 1.165) is 72.9 Å². The van der Waals surface area contributed by atoms with Gasteiger partial charge in [-0.3, -0.25) is 0 Å². The van der Waals surface area contributed by atoms with Crippen LogP contribution in [0, 0.1) is 0 Å². The van der Waals surface area contributed by atoms with Gasteiger partial charge in [0.05, 0.1) is 11.4 Å². The molecule has 0 fully saturated rings. The topological polar surface area (TPSA) is 28.2 Å². The monoisotopic (exact) mass is 841 g/mol. The number of nitrogens with zero attached hydrogens (tertiary/aromatic N) is 3. The molecule has 0 bridgehead atoms. The van der Waals surface area contributed by atoms with Crippen LogP contribution in [0.1, 0.15) is 0 Å². The molecular formula is C54H40BrN3O2. The Balaban J connectivity index is 1.21. The van der Waals surface area contributed by atoms with Crippen molar-refractivity contribution in [2.45, 2.75) is 0 Å². The van der Waals surface area contributed by atoms with E-state index in [0.29, 0.717) is 5.75 Å². The van der Waals surface area contributed by atoms with E-state index in [9.17, 15) is 0 Å². The van der Waals surface area contributed by atoms with Crippen LogP contribution in [-0.4, -0.2) is 0 Å². The van der Waals surface area contributed by atoms with Gasteiger partial charge in [-0.15, -0.1) is 0 Å². The highest BCUT2D eigenvalue weighted by molar-refractivity contribution is 9.10. The van der Waals surface area contributed by atoms with E-state index in [1.807, 2.05) is 91.0 Å². The lowest BCUT2D eigenvalue weighted by molar-refractivity contribution is 0.482. The molecule has 0 atom stereocenters. The first-order chi connectivity index (χ1) is 29.6. The number of hydrogen-bond donors (Lipinski definition) is 0. The van der Waals surface area contributed by atoms with Crippen LogP contribution in [-0.2, 0) is 0 Å². The van der Waals surface area contributed by atoms with Crippen LogP contribution in [0.2, 0.25) is 0 Å². The van der Waals surface area contributed by atoms with E-state index < -0.39 is 0 Å². The van der Waals surface area contributed by atoms with E-state index in [1.54, 1.807) is 0 Å². The Labute approximate surface area is 359 Å². The van der Waals surface area contributed by atoms with Gasteiger partial charge in [-0.05, 0) is 115 Å². The third-order valence-electron chi connectivity index (χ3n) is 9.88. The Morgan fingerprint density at radius 2 is 0.533 bits per heavy atom. The lowest BCUT2D eigenvalue weighted by atomic mass is 10.1. The molecule has 6 heteroatoms. The van der Waals surface area contributed by atoms with E-state index in [-0.39, 0.29) is 0 Å². The molecule has 5 nitrogen and oxygen atoms in total. The molecule has 0 aliphatic carbocycles. The van der Waals surface area contributed by atoms with E-state index >= 15 is 0 Å². The molecular weight excluding hydrogens is 803 g/mol. The fourth-order valence-corrected chi connectivity index (χ4v) is 7.66. The van der Waals surface area contributed by atoms with Gasteiger partial charge in [-0.25, -0.2) is 0 Å². The van der Waals surface area contributed by atoms with Crippen molar-refractivity contribution in [3.05, 3.63) is 247 Å². The maximum absolute atomic E-state index is 6.71. The van der Waals surface area contributed by atoms with Crippen molar-refractivity contribution < 1.29 is 9.47 Å². The van der Waals surface area contributed by atoms with Crippen molar-refractivity contribution in [3.63, 3.8) is 0 Å². The number of anilines is 9. The smallest absolute Gasteiger partial charge is 0.131 e. The molecule has 0 aliphatic rings. The number of rotatable bonds is 13. The molecule has 0 amide bonds. The van der Waals surface area contributed by atoms with E-state index in [2.05, 4.69) is 182 Å². The molecule has 0 spiro atoms. The molecule has 0 saturated heterocycles. The fourth-order valence-electron chi connectivity index (χ4n) is 7.28. The second-order valence-electron chi connectivity index (χ2n) is 14.0. The summed E-state index contributed by atoms with van der Waals surface area (Å²) >= 11 is 3.64. The maximum Gasteiger partial charge on any atom is 0.131 e. The van der Waals surface area contributed by atoms with Gasteiger partial charge in [0.25, 0.3) is 0 Å². The van der Waals surface area contributed by atoms with Crippen LogP contribution in [0.5, 0.6) is 23.0 Å². The summed E-state index contributed by atoms with van der Waals surface area (Å²) in [6.07, 6.45) is 0. The Morgan fingerprint density at radius 3 is 1.02 bits per heavy atom. The minimum Gasteiger partial charge on any atom is -0.457 e. The van der Waals surface area contributed by atoms with Gasteiger partial charge in [-0.2, -0.15) is 0 Å². The summed E-state index contributed by atoms with van der Waals surface area (Å²) in [5.41, 5.74) is 8.84. The second kappa shape index (κ2) is 17.9. The minimum atomic E-state index is 0.690. The summed E-state index contributed by atoms with van der Waals surface area (Å²) < 4.78 is 14.0. The van der Waals surface area contributed by atoms with Gasteiger partial charge in [0.15, 0.2) is 0 Å². The van der Waals surface area contributed by atoms with E-state index in [1.165, 1.54) is 0 Å². The molecule has 9 aromatic carbocycles. The average Bonchev–Trinajstić information content (AvgIpc) is 3.29. The Morgan fingerprint density at radius 1 is 0.233 bits per heavy atom. The van der Waals surface area contributed by atoms with Crippen molar-refractivity contribution in [2.24, 2.45) is 0 Å². The third kappa shape index (κ3) is 8.80. The zero-order valence-electron chi connectivity index (χ0n) is 32.6. The molecule has 0 saturated carbocycles. The Hall–Kier alpha value is -7.54. The van der Waals surface area contributed by atoms with Crippen molar-refractivity contribution in [2.75, 3.05) is 14.7 Å². The van der Waals surface area contributed by atoms with Crippen LogP contribution in [0.3, 0.4) is 0 Å². The highest BCUT2D eigenvalue weighted by Crippen LogP contribution is 2.45. The molecule has 0 unspecified atom stereocenters. The summed E-state index contributed by atoms with van der Waals surface area (Å²) in [5, 5.41) is 0. The molecule has 290 valence electrons. The van der Waals surface area contributed by atoms with Gasteiger partial charge in [0.2, 0.25) is 0 Å².